The van der Waals surface area contributed by atoms with Gasteiger partial charge < -0.3 is 20.5 Å². The molecule has 0 aromatic heterocycles. The van der Waals surface area contributed by atoms with Crippen LogP contribution in [0.15, 0.2) is 18.2 Å². The SMILES string of the molecule is CCC(NC(=O)CC(C)N)c1ccc2c(c1)OCCO2.Cl. The highest BCUT2D eigenvalue weighted by Gasteiger charge is 2.17. The van der Waals surface area contributed by atoms with Gasteiger partial charge in [0.2, 0.25) is 5.91 Å². The van der Waals surface area contributed by atoms with E-state index in [1.807, 2.05) is 32.0 Å². The fourth-order valence-corrected chi connectivity index (χ4v) is 2.24. The van der Waals surface area contributed by atoms with Gasteiger partial charge in [-0.1, -0.05) is 13.0 Å². The molecule has 0 radical (unpaired) electrons. The maximum absolute atomic E-state index is 11.8. The highest BCUT2D eigenvalue weighted by molar-refractivity contribution is 5.85. The largest absolute Gasteiger partial charge is 0.486 e. The Balaban J connectivity index is 0.00000220. The summed E-state index contributed by atoms with van der Waals surface area (Å²) in [5.41, 5.74) is 6.67. The number of halogens is 1. The van der Waals surface area contributed by atoms with E-state index in [9.17, 15) is 4.79 Å². The van der Waals surface area contributed by atoms with Crippen LogP contribution < -0.4 is 20.5 Å². The summed E-state index contributed by atoms with van der Waals surface area (Å²) in [4.78, 5) is 11.8. The Bertz CT molecular complexity index is 480. The van der Waals surface area contributed by atoms with Crippen LogP contribution in [0.1, 0.15) is 38.3 Å². The summed E-state index contributed by atoms with van der Waals surface area (Å²) < 4.78 is 11.1. The number of rotatable bonds is 5. The summed E-state index contributed by atoms with van der Waals surface area (Å²) in [5.74, 6) is 1.48. The van der Waals surface area contributed by atoms with E-state index in [2.05, 4.69) is 5.32 Å². The molecule has 0 bridgehead atoms. The fraction of sp³-hybridized carbons (Fsp3) is 0.533. The Kier molecular flexibility index (Phi) is 6.78. The second-order valence-corrected chi connectivity index (χ2v) is 5.11. The molecular formula is C15H23ClN2O3. The lowest BCUT2D eigenvalue weighted by molar-refractivity contribution is -0.122. The molecule has 1 aliphatic rings. The minimum Gasteiger partial charge on any atom is -0.486 e. The minimum atomic E-state index is -0.132. The van der Waals surface area contributed by atoms with E-state index < -0.39 is 0 Å². The maximum atomic E-state index is 11.8. The van der Waals surface area contributed by atoms with Crippen molar-refractivity contribution < 1.29 is 14.3 Å². The zero-order valence-corrected chi connectivity index (χ0v) is 13.2. The van der Waals surface area contributed by atoms with Crippen molar-refractivity contribution in [3.63, 3.8) is 0 Å². The van der Waals surface area contributed by atoms with Gasteiger partial charge in [0.25, 0.3) is 0 Å². The van der Waals surface area contributed by atoms with Crippen molar-refractivity contribution in [1.29, 1.82) is 0 Å². The molecule has 0 saturated heterocycles. The van der Waals surface area contributed by atoms with Crippen LogP contribution in [0, 0.1) is 0 Å². The van der Waals surface area contributed by atoms with Gasteiger partial charge in [-0.05, 0) is 31.0 Å². The van der Waals surface area contributed by atoms with Crippen molar-refractivity contribution in [2.45, 2.75) is 38.8 Å². The average Bonchev–Trinajstić information content (AvgIpc) is 2.43. The average molecular weight is 315 g/mol. The molecule has 21 heavy (non-hydrogen) atoms. The first-order valence-electron chi connectivity index (χ1n) is 7.04. The number of carbonyl (C=O) groups excluding carboxylic acids is 1. The number of hydrogen-bond acceptors (Lipinski definition) is 4. The van der Waals surface area contributed by atoms with Gasteiger partial charge in [-0.2, -0.15) is 0 Å². The van der Waals surface area contributed by atoms with Crippen molar-refractivity contribution in [2.24, 2.45) is 5.73 Å². The molecule has 1 aromatic carbocycles. The van der Waals surface area contributed by atoms with E-state index in [0.717, 1.165) is 23.5 Å². The molecule has 0 saturated carbocycles. The number of carbonyl (C=O) groups is 1. The van der Waals surface area contributed by atoms with Gasteiger partial charge >= 0.3 is 0 Å². The smallest absolute Gasteiger partial charge is 0.222 e. The lowest BCUT2D eigenvalue weighted by atomic mass is 10.0. The number of benzene rings is 1. The van der Waals surface area contributed by atoms with Gasteiger partial charge in [-0.25, -0.2) is 0 Å². The number of nitrogens with two attached hydrogens (primary N) is 1. The molecule has 1 amide bonds. The normalized spacial score (nSPS) is 15.6. The predicted octanol–water partition coefficient (Wildman–Crippen LogP) is 2.18. The minimum absolute atomic E-state index is 0. The standard InChI is InChI=1S/C15H22N2O3.ClH/c1-3-12(17-15(18)8-10(2)16)11-4-5-13-14(9-11)20-7-6-19-13;/h4-5,9-10,12H,3,6-8,16H2,1-2H3,(H,17,18);1H. The summed E-state index contributed by atoms with van der Waals surface area (Å²) in [6.07, 6.45) is 1.14. The van der Waals surface area contributed by atoms with Gasteiger partial charge in [-0.15, -0.1) is 12.4 Å². The monoisotopic (exact) mass is 314 g/mol. The van der Waals surface area contributed by atoms with Crippen molar-refractivity contribution in [3.05, 3.63) is 23.8 Å². The van der Waals surface area contributed by atoms with Crippen LogP contribution in [-0.2, 0) is 4.79 Å². The van der Waals surface area contributed by atoms with Gasteiger partial charge in [-0.3, -0.25) is 4.79 Å². The van der Waals surface area contributed by atoms with Crippen molar-refractivity contribution in [3.8, 4) is 11.5 Å². The van der Waals surface area contributed by atoms with E-state index in [4.69, 9.17) is 15.2 Å². The molecule has 1 aliphatic heterocycles. The first kappa shape index (κ1) is 17.6. The zero-order valence-electron chi connectivity index (χ0n) is 12.4. The Morgan fingerprint density at radius 1 is 1.33 bits per heavy atom. The second-order valence-electron chi connectivity index (χ2n) is 5.11. The quantitative estimate of drug-likeness (QED) is 0.873. The lowest BCUT2D eigenvalue weighted by Crippen LogP contribution is -2.32. The number of ether oxygens (including phenoxy) is 2. The van der Waals surface area contributed by atoms with Gasteiger partial charge in [0.1, 0.15) is 13.2 Å². The molecule has 3 N–H and O–H groups in total. The van der Waals surface area contributed by atoms with Crippen LogP contribution in [0.5, 0.6) is 11.5 Å². The number of amides is 1. The van der Waals surface area contributed by atoms with E-state index in [-0.39, 0.29) is 30.4 Å². The van der Waals surface area contributed by atoms with Crippen molar-refractivity contribution in [1.82, 2.24) is 5.32 Å². The molecule has 2 atom stereocenters. The summed E-state index contributed by atoms with van der Waals surface area (Å²) in [6.45, 7) is 5.00. The lowest BCUT2D eigenvalue weighted by Gasteiger charge is -2.22. The molecule has 6 heteroatoms. The first-order valence-corrected chi connectivity index (χ1v) is 7.04. The fourth-order valence-electron chi connectivity index (χ4n) is 2.24. The van der Waals surface area contributed by atoms with Crippen molar-refractivity contribution in [2.75, 3.05) is 13.2 Å². The number of fused-ring (bicyclic) bond motifs is 1. The van der Waals surface area contributed by atoms with E-state index in [1.54, 1.807) is 0 Å². The number of nitrogens with one attached hydrogen (secondary N) is 1. The van der Waals surface area contributed by atoms with Crippen LogP contribution in [0.25, 0.3) is 0 Å². The van der Waals surface area contributed by atoms with Crippen LogP contribution in [0.4, 0.5) is 0 Å². The zero-order chi connectivity index (χ0) is 14.5. The summed E-state index contributed by atoms with van der Waals surface area (Å²) in [7, 11) is 0. The van der Waals surface area contributed by atoms with Gasteiger partial charge in [0.05, 0.1) is 6.04 Å². The Morgan fingerprint density at radius 3 is 2.62 bits per heavy atom. The molecule has 2 rings (SSSR count). The predicted molar refractivity (Wildman–Crippen MR) is 84.1 cm³/mol. The first-order chi connectivity index (χ1) is 9.60. The summed E-state index contributed by atoms with van der Waals surface area (Å²) >= 11 is 0. The molecule has 0 aliphatic carbocycles. The molecule has 2 unspecified atom stereocenters. The van der Waals surface area contributed by atoms with Gasteiger partial charge in [0.15, 0.2) is 11.5 Å². The Morgan fingerprint density at radius 2 is 2.00 bits per heavy atom. The van der Waals surface area contributed by atoms with Crippen LogP contribution in [-0.4, -0.2) is 25.2 Å². The summed E-state index contributed by atoms with van der Waals surface area (Å²) in [6, 6.07) is 5.64. The molecule has 1 aromatic rings. The summed E-state index contributed by atoms with van der Waals surface area (Å²) in [5, 5.41) is 3.01. The maximum Gasteiger partial charge on any atom is 0.222 e. The van der Waals surface area contributed by atoms with Crippen LogP contribution in [0.3, 0.4) is 0 Å². The molecule has 5 nitrogen and oxygen atoms in total. The molecule has 0 spiro atoms. The van der Waals surface area contributed by atoms with Crippen molar-refractivity contribution >= 4 is 18.3 Å². The second kappa shape index (κ2) is 8.10. The third-order valence-corrected chi connectivity index (χ3v) is 3.22. The van der Waals surface area contributed by atoms with E-state index in [0.29, 0.717) is 19.6 Å². The van der Waals surface area contributed by atoms with Crippen LogP contribution >= 0.6 is 12.4 Å². The third-order valence-electron chi connectivity index (χ3n) is 3.22. The third kappa shape index (κ3) is 4.79. The number of hydrogen-bond donors (Lipinski definition) is 2. The van der Waals surface area contributed by atoms with E-state index >= 15 is 0 Å². The molecule has 1 heterocycles. The van der Waals surface area contributed by atoms with Gasteiger partial charge in [0, 0.05) is 12.5 Å². The highest BCUT2D eigenvalue weighted by atomic mass is 35.5. The Labute approximate surface area is 131 Å². The highest BCUT2D eigenvalue weighted by Crippen LogP contribution is 2.33. The molecule has 0 fully saturated rings. The van der Waals surface area contributed by atoms with Crippen LogP contribution in [0.2, 0.25) is 0 Å². The topological polar surface area (TPSA) is 73.6 Å². The Hall–Kier alpha value is -1.46. The molecular weight excluding hydrogens is 292 g/mol. The molecule has 118 valence electrons. The van der Waals surface area contributed by atoms with E-state index in [1.165, 1.54) is 0 Å².